The van der Waals surface area contributed by atoms with Crippen LogP contribution in [-0.2, 0) is 20.7 Å². The van der Waals surface area contributed by atoms with Gasteiger partial charge in [-0.3, -0.25) is 19.8 Å². The van der Waals surface area contributed by atoms with Crippen molar-refractivity contribution in [2.75, 3.05) is 6.54 Å². The van der Waals surface area contributed by atoms with E-state index in [9.17, 15) is 24.3 Å². The number of ether oxygens (including phenoxy) is 1. The van der Waals surface area contributed by atoms with Gasteiger partial charge in [-0.25, -0.2) is 14.8 Å². The lowest BCUT2D eigenvalue weighted by atomic mass is 9.99. The number of pyridine rings is 1. The molecule has 0 saturated heterocycles. The van der Waals surface area contributed by atoms with E-state index in [0.29, 0.717) is 5.52 Å². The van der Waals surface area contributed by atoms with E-state index in [1.165, 1.54) is 11.1 Å². The Balaban J connectivity index is 1.80. The lowest BCUT2D eigenvalue weighted by Gasteiger charge is -2.33. The molecule has 0 spiro atoms. The number of hydrazine groups is 1. The van der Waals surface area contributed by atoms with Gasteiger partial charge in [0.25, 0.3) is 5.91 Å². The number of rotatable bonds is 13. The minimum atomic E-state index is -1.33. The molecule has 44 heavy (non-hydrogen) atoms. The van der Waals surface area contributed by atoms with Gasteiger partial charge in [-0.15, -0.1) is 0 Å². The molecule has 3 aromatic rings. The highest BCUT2D eigenvalue weighted by Gasteiger charge is 2.31. The fraction of sp³-hybridized carbons (Fsp3) is 0.406. The minimum Gasteiger partial charge on any atom is -0.443 e. The zero-order valence-corrected chi connectivity index (χ0v) is 25.7. The number of aliphatic hydroxyl groups is 1. The molecule has 0 fully saturated rings. The van der Waals surface area contributed by atoms with Crippen LogP contribution in [0.4, 0.5) is 4.79 Å². The number of hydrogen-bond acceptors (Lipinski definition) is 8. The topological polar surface area (TPSA) is 176 Å². The highest BCUT2D eigenvalue weighted by Crippen LogP contribution is 2.14. The van der Waals surface area contributed by atoms with Crippen LogP contribution < -0.4 is 21.8 Å². The number of hydrogen-bond donors (Lipinski definition) is 5. The predicted octanol–water partition coefficient (Wildman–Crippen LogP) is 2.45. The van der Waals surface area contributed by atoms with Crippen molar-refractivity contribution < 1.29 is 29.0 Å². The van der Waals surface area contributed by atoms with Crippen LogP contribution in [0.15, 0.2) is 66.7 Å². The van der Waals surface area contributed by atoms with Crippen LogP contribution in [0.1, 0.15) is 57.1 Å². The molecule has 3 rings (SSSR count). The van der Waals surface area contributed by atoms with Gasteiger partial charge in [0.2, 0.25) is 11.8 Å². The van der Waals surface area contributed by atoms with E-state index in [1.54, 1.807) is 39.0 Å². The predicted molar refractivity (Wildman–Crippen MR) is 166 cm³/mol. The first-order chi connectivity index (χ1) is 20.7. The lowest BCUT2D eigenvalue weighted by Crippen LogP contribution is -2.58. The molecule has 0 bridgehead atoms. The lowest BCUT2D eigenvalue weighted by molar-refractivity contribution is -0.128. The van der Waals surface area contributed by atoms with Crippen LogP contribution >= 0.6 is 0 Å². The van der Waals surface area contributed by atoms with E-state index in [-0.39, 0.29) is 24.7 Å². The van der Waals surface area contributed by atoms with Crippen molar-refractivity contribution in [3.8, 4) is 0 Å². The van der Waals surface area contributed by atoms with Gasteiger partial charge in [-0.05, 0) is 58.7 Å². The SMILES string of the molecule is CC(C)N(C[C@@H](O)[C@H](Cc1ccccc1)NC(=O)[C@H](CC(N)=O)NC(=O)c1ccc2ccccc2n1)NC(=O)OC(C)(C)C. The fourth-order valence-electron chi connectivity index (χ4n) is 4.40. The van der Waals surface area contributed by atoms with E-state index in [1.807, 2.05) is 56.3 Å². The van der Waals surface area contributed by atoms with E-state index in [2.05, 4.69) is 21.0 Å². The highest BCUT2D eigenvalue weighted by molar-refractivity contribution is 5.99. The van der Waals surface area contributed by atoms with Crippen molar-refractivity contribution >= 4 is 34.7 Å². The molecule has 1 heterocycles. The molecule has 1 aromatic heterocycles. The van der Waals surface area contributed by atoms with Crippen molar-refractivity contribution in [2.24, 2.45) is 5.73 Å². The third-order valence-electron chi connectivity index (χ3n) is 6.59. The maximum Gasteiger partial charge on any atom is 0.422 e. The number of nitrogens with one attached hydrogen (secondary N) is 3. The first-order valence-corrected chi connectivity index (χ1v) is 14.5. The fourth-order valence-corrected chi connectivity index (χ4v) is 4.40. The summed E-state index contributed by atoms with van der Waals surface area (Å²) in [7, 11) is 0. The molecule has 12 nitrogen and oxygen atoms in total. The van der Waals surface area contributed by atoms with E-state index >= 15 is 0 Å². The Bertz CT molecular complexity index is 1440. The monoisotopic (exact) mass is 606 g/mol. The van der Waals surface area contributed by atoms with Crippen LogP contribution in [0.3, 0.4) is 0 Å². The highest BCUT2D eigenvalue weighted by atomic mass is 16.6. The number of para-hydroxylation sites is 1. The number of primary amides is 1. The van der Waals surface area contributed by atoms with Crippen molar-refractivity contribution in [3.05, 3.63) is 78.0 Å². The Morgan fingerprint density at radius 3 is 2.25 bits per heavy atom. The van der Waals surface area contributed by atoms with Crippen LogP contribution in [0.2, 0.25) is 0 Å². The number of aliphatic hydroxyl groups excluding tert-OH is 1. The summed E-state index contributed by atoms with van der Waals surface area (Å²) in [6, 6.07) is 17.3. The molecule has 0 saturated carbocycles. The molecule has 0 unspecified atom stereocenters. The van der Waals surface area contributed by atoms with Gasteiger partial charge in [0, 0.05) is 18.0 Å². The summed E-state index contributed by atoms with van der Waals surface area (Å²) in [5.74, 6) is -2.18. The van der Waals surface area contributed by atoms with Gasteiger partial charge >= 0.3 is 6.09 Å². The summed E-state index contributed by atoms with van der Waals surface area (Å²) < 4.78 is 5.35. The number of amides is 4. The average molecular weight is 607 g/mol. The number of nitrogens with zero attached hydrogens (tertiary/aromatic N) is 2. The number of benzene rings is 2. The molecule has 4 amide bonds. The Morgan fingerprint density at radius 2 is 1.61 bits per heavy atom. The summed E-state index contributed by atoms with van der Waals surface area (Å²) in [5.41, 5.74) is 8.84. The third kappa shape index (κ3) is 10.6. The number of carbonyl (C=O) groups is 4. The summed E-state index contributed by atoms with van der Waals surface area (Å²) in [6.45, 7) is 8.81. The standard InChI is InChI=1S/C32H42N6O6/c1-20(2)38(37-31(43)44-32(3,4)5)19-27(39)25(17-21-11-7-6-8-12-21)35-30(42)26(18-28(33)40)36-29(41)24-16-15-22-13-9-10-14-23(22)34-24/h6-16,20,25-27,39H,17-19H2,1-5H3,(H2,33,40)(H,35,42)(H,36,41)(H,37,43)/t25-,26-,27+/m0/s1. The van der Waals surface area contributed by atoms with Gasteiger partial charge in [0.15, 0.2) is 0 Å². The number of carbonyl (C=O) groups excluding carboxylic acids is 4. The van der Waals surface area contributed by atoms with E-state index in [0.717, 1.165) is 10.9 Å². The molecular formula is C32H42N6O6. The van der Waals surface area contributed by atoms with Crippen molar-refractivity contribution in [3.63, 3.8) is 0 Å². The van der Waals surface area contributed by atoms with Gasteiger partial charge in [0.1, 0.15) is 17.3 Å². The molecule has 12 heteroatoms. The normalized spacial score (nSPS) is 13.6. The molecule has 0 aliphatic carbocycles. The van der Waals surface area contributed by atoms with Gasteiger partial charge < -0.3 is 26.2 Å². The zero-order chi connectivity index (χ0) is 32.4. The molecule has 2 aromatic carbocycles. The second-order valence-corrected chi connectivity index (χ2v) is 11.8. The molecule has 0 radical (unpaired) electrons. The Labute approximate surface area is 257 Å². The molecular weight excluding hydrogens is 564 g/mol. The van der Waals surface area contributed by atoms with Crippen LogP contribution in [0.5, 0.6) is 0 Å². The van der Waals surface area contributed by atoms with Crippen LogP contribution in [-0.4, -0.2) is 75.3 Å². The van der Waals surface area contributed by atoms with E-state index in [4.69, 9.17) is 10.5 Å². The van der Waals surface area contributed by atoms with Crippen molar-refractivity contribution in [1.82, 2.24) is 26.1 Å². The number of aromatic nitrogens is 1. The second-order valence-electron chi connectivity index (χ2n) is 11.8. The number of fused-ring (bicyclic) bond motifs is 1. The van der Waals surface area contributed by atoms with Crippen LogP contribution in [0.25, 0.3) is 10.9 Å². The first-order valence-electron chi connectivity index (χ1n) is 14.5. The van der Waals surface area contributed by atoms with Gasteiger partial charge in [0.05, 0.1) is 24.1 Å². The quantitative estimate of drug-likeness (QED) is 0.184. The van der Waals surface area contributed by atoms with Gasteiger partial charge in [-0.1, -0.05) is 54.6 Å². The van der Waals surface area contributed by atoms with Crippen LogP contribution in [0, 0.1) is 0 Å². The summed E-state index contributed by atoms with van der Waals surface area (Å²) in [4.78, 5) is 55.4. The molecule has 236 valence electrons. The third-order valence-corrected chi connectivity index (χ3v) is 6.59. The Morgan fingerprint density at radius 1 is 0.955 bits per heavy atom. The minimum absolute atomic E-state index is 0.0626. The largest absolute Gasteiger partial charge is 0.443 e. The molecule has 3 atom stereocenters. The molecule has 6 N–H and O–H groups in total. The second kappa shape index (κ2) is 15.3. The summed E-state index contributed by atoms with van der Waals surface area (Å²) >= 11 is 0. The smallest absolute Gasteiger partial charge is 0.422 e. The van der Waals surface area contributed by atoms with Crippen molar-refractivity contribution in [1.29, 1.82) is 0 Å². The summed E-state index contributed by atoms with van der Waals surface area (Å²) in [5, 5.41) is 19.1. The Kier molecular flexibility index (Phi) is 11.8. The zero-order valence-electron chi connectivity index (χ0n) is 25.7. The first kappa shape index (κ1) is 33.9. The maximum absolute atomic E-state index is 13.5. The molecule has 0 aliphatic heterocycles. The average Bonchev–Trinajstić information content (AvgIpc) is 2.95. The summed E-state index contributed by atoms with van der Waals surface area (Å²) in [6.07, 6.45) is -2.13. The number of nitrogens with two attached hydrogens (primary N) is 1. The van der Waals surface area contributed by atoms with Crippen molar-refractivity contribution in [2.45, 2.75) is 77.3 Å². The van der Waals surface area contributed by atoms with E-state index < -0.39 is 54.0 Å². The Hall–Kier alpha value is -4.55. The molecule has 0 aliphatic rings. The van der Waals surface area contributed by atoms with Gasteiger partial charge in [-0.2, -0.15) is 0 Å². The maximum atomic E-state index is 13.5.